The molecule has 78 valence electrons. The number of carboxylic acid groups (broad SMARTS) is 1. The van der Waals surface area contributed by atoms with Crippen LogP contribution in [0.5, 0.6) is 0 Å². The maximum Gasteiger partial charge on any atom is 0.411 e. The van der Waals surface area contributed by atoms with Gasteiger partial charge in [-0.25, -0.2) is 4.79 Å². The van der Waals surface area contributed by atoms with Crippen molar-refractivity contribution in [1.82, 2.24) is 10.2 Å². The molecular weight excluding hydrogens is 206 g/mol. The standard InChI is InChI=1S/C7H11N3O3S/c1-7(2,3-11)4-9-10-5(14-4)8-6(12)13/h11H,3H2,1-2H3,(H,8,10)(H,12,13). The highest BCUT2D eigenvalue weighted by Crippen LogP contribution is 2.27. The van der Waals surface area contributed by atoms with Gasteiger partial charge < -0.3 is 10.2 Å². The van der Waals surface area contributed by atoms with Crippen molar-refractivity contribution in [3.05, 3.63) is 5.01 Å². The normalized spacial score (nSPS) is 11.4. The van der Waals surface area contributed by atoms with Crippen LogP contribution in [0.25, 0.3) is 0 Å². The van der Waals surface area contributed by atoms with E-state index in [1.165, 1.54) is 0 Å². The number of nitrogens with zero attached hydrogens (tertiary/aromatic N) is 2. The van der Waals surface area contributed by atoms with Gasteiger partial charge in [0, 0.05) is 5.41 Å². The Hall–Kier alpha value is -1.21. The Morgan fingerprint density at radius 1 is 1.57 bits per heavy atom. The summed E-state index contributed by atoms with van der Waals surface area (Å²) >= 11 is 1.12. The first-order valence-electron chi connectivity index (χ1n) is 3.90. The Labute approximate surface area is 84.6 Å². The van der Waals surface area contributed by atoms with Crippen molar-refractivity contribution >= 4 is 22.6 Å². The number of carbonyl (C=O) groups is 1. The highest BCUT2D eigenvalue weighted by molar-refractivity contribution is 7.15. The summed E-state index contributed by atoms with van der Waals surface area (Å²) in [5.41, 5.74) is -0.490. The zero-order valence-electron chi connectivity index (χ0n) is 7.81. The molecule has 1 aromatic heterocycles. The van der Waals surface area contributed by atoms with Crippen molar-refractivity contribution in [2.24, 2.45) is 0 Å². The Bertz CT molecular complexity index is 337. The number of amides is 1. The summed E-state index contributed by atoms with van der Waals surface area (Å²) in [4.78, 5) is 10.3. The minimum atomic E-state index is -1.17. The predicted molar refractivity (Wildman–Crippen MR) is 51.7 cm³/mol. The molecule has 0 spiro atoms. The summed E-state index contributed by atoms with van der Waals surface area (Å²) in [6, 6.07) is 0. The van der Waals surface area contributed by atoms with Crippen molar-refractivity contribution in [1.29, 1.82) is 0 Å². The molecule has 1 rings (SSSR count). The highest BCUT2D eigenvalue weighted by atomic mass is 32.1. The molecule has 7 heteroatoms. The van der Waals surface area contributed by atoms with Crippen molar-refractivity contribution in [2.75, 3.05) is 11.9 Å². The van der Waals surface area contributed by atoms with Gasteiger partial charge in [0.1, 0.15) is 5.01 Å². The second kappa shape index (κ2) is 3.89. The molecule has 0 radical (unpaired) electrons. The molecule has 0 aliphatic carbocycles. The van der Waals surface area contributed by atoms with Crippen molar-refractivity contribution in [3.8, 4) is 0 Å². The van der Waals surface area contributed by atoms with Crippen LogP contribution in [0.4, 0.5) is 9.93 Å². The number of hydrogen-bond donors (Lipinski definition) is 3. The van der Waals surface area contributed by atoms with Crippen LogP contribution in [-0.2, 0) is 5.41 Å². The van der Waals surface area contributed by atoms with Crippen LogP contribution in [0, 0.1) is 0 Å². The number of rotatable bonds is 3. The maximum atomic E-state index is 10.3. The molecule has 0 aliphatic rings. The van der Waals surface area contributed by atoms with Crippen molar-refractivity contribution in [3.63, 3.8) is 0 Å². The number of anilines is 1. The van der Waals surface area contributed by atoms with Crippen LogP contribution < -0.4 is 5.32 Å². The first-order valence-corrected chi connectivity index (χ1v) is 4.72. The molecule has 1 aromatic rings. The van der Waals surface area contributed by atoms with Crippen LogP contribution in [-0.4, -0.2) is 33.1 Å². The van der Waals surface area contributed by atoms with Gasteiger partial charge in [-0.2, -0.15) is 0 Å². The fourth-order valence-electron chi connectivity index (χ4n) is 0.706. The lowest BCUT2D eigenvalue weighted by Gasteiger charge is -2.16. The molecule has 0 unspecified atom stereocenters. The largest absolute Gasteiger partial charge is 0.465 e. The molecule has 1 heterocycles. The van der Waals surface area contributed by atoms with Crippen LogP contribution in [0.2, 0.25) is 0 Å². The molecule has 14 heavy (non-hydrogen) atoms. The molecule has 0 saturated carbocycles. The van der Waals surface area contributed by atoms with E-state index in [1.54, 1.807) is 13.8 Å². The monoisotopic (exact) mass is 217 g/mol. The Morgan fingerprint density at radius 3 is 2.71 bits per heavy atom. The summed E-state index contributed by atoms with van der Waals surface area (Å²) in [7, 11) is 0. The third-order valence-electron chi connectivity index (χ3n) is 1.61. The number of nitrogens with one attached hydrogen (secondary N) is 1. The third kappa shape index (κ3) is 2.39. The highest BCUT2D eigenvalue weighted by Gasteiger charge is 2.24. The van der Waals surface area contributed by atoms with Gasteiger partial charge >= 0.3 is 6.09 Å². The van der Waals surface area contributed by atoms with Gasteiger partial charge in [-0.15, -0.1) is 10.2 Å². The van der Waals surface area contributed by atoms with E-state index in [2.05, 4.69) is 15.5 Å². The second-order valence-electron chi connectivity index (χ2n) is 3.38. The van der Waals surface area contributed by atoms with E-state index in [0.29, 0.717) is 5.01 Å². The number of aromatic nitrogens is 2. The van der Waals surface area contributed by atoms with Gasteiger partial charge in [0.2, 0.25) is 5.13 Å². The zero-order valence-corrected chi connectivity index (χ0v) is 8.63. The summed E-state index contributed by atoms with van der Waals surface area (Å²) in [5, 5.41) is 27.8. The summed E-state index contributed by atoms with van der Waals surface area (Å²) in [6.45, 7) is 3.55. The number of aliphatic hydroxyl groups is 1. The third-order valence-corrected chi connectivity index (χ3v) is 2.82. The molecule has 0 saturated heterocycles. The van der Waals surface area contributed by atoms with Crippen LogP contribution in [0.3, 0.4) is 0 Å². The number of hydrogen-bond acceptors (Lipinski definition) is 5. The van der Waals surface area contributed by atoms with Crippen LogP contribution in [0.15, 0.2) is 0 Å². The summed E-state index contributed by atoms with van der Waals surface area (Å²) in [6.07, 6.45) is -1.17. The van der Waals surface area contributed by atoms with E-state index >= 15 is 0 Å². The molecule has 0 aliphatic heterocycles. The minimum absolute atomic E-state index is 0.0608. The quantitative estimate of drug-likeness (QED) is 0.699. The molecule has 0 bridgehead atoms. The molecule has 1 amide bonds. The van der Waals surface area contributed by atoms with E-state index in [0.717, 1.165) is 11.3 Å². The fourth-order valence-corrected chi connectivity index (χ4v) is 1.53. The molecule has 0 aromatic carbocycles. The Balaban J connectivity index is 2.82. The smallest absolute Gasteiger partial charge is 0.411 e. The first-order chi connectivity index (χ1) is 6.45. The van der Waals surface area contributed by atoms with Gasteiger partial charge in [-0.1, -0.05) is 25.2 Å². The van der Waals surface area contributed by atoms with Gasteiger partial charge in [0.25, 0.3) is 0 Å². The Kier molecular flexibility index (Phi) is 3.02. The molecule has 6 nitrogen and oxygen atoms in total. The van der Waals surface area contributed by atoms with Crippen LogP contribution in [0.1, 0.15) is 18.9 Å². The van der Waals surface area contributed by atoms with Gasteiger partial charge in [-0.3, -0.25) is 5.32 Å². The minimum Gasteiger partial charge on any atom is -0.465 e. The molecule has 0 fully saturated rings. The van der Waals surface area contributed by atoms with E-state index in [-0.39, 0.29) is 11.7 Å². The first kappa shape index (κ1) is 10.9. The van der Waals surface area contributed by atoms with Crippen molar-refractivity contribution < 1.29 is 15.0 Å². The van der Waals surface area contributed by atoms with Gasteiger partial charge in [-0.05, 0) is 0 Å². The molecule has 3 N–H and O–H groups in total. The van der Waals surface area contributed by atoms with E-state index in [4.69, 9.17) is 10.2 Å². The molecular formula is C7H11N3O3S. The average Bonchev–Trinajstić information content (AvgIpc) is 2.52. The predicted octanol–water partition coefficient (Wildman–Crippen LogP) is 0.898. The zero-order chi connectivity index (χ0) is 10.8. The topological polar surface area (TPSA) is 95.3 Å². The lowest BCUT2D eigenvalue weighted by Crippen LogP contribution is -2.21. The Morgan fingerprint density at radius 2 is 2.21 bits per heavy atom. The average molecular weight is 217 g/mol. The van der Waals surface area contributed by atoms with E-state index < -0.39 is 11.5 Å². The fraction of sp³-hybridized carbons (Fsp3) is 0.571. The second-order valence-corrected chi connectivity index (χ2v) is 4.36. The summed E-state index contributed by atoms with van der Waals surface area (Å²) in [5.74, 6) is 0. The van der Waals surface area contributed by atoms with Gasteiger partial charge in [0.05, 0.1) is 6.61 Å². The SMILES string of the molecule is CC(C)(CO)c1nnc(NC(=O)O)s1. The van der Waals surface area contributed by atoms with E-state index in [1.807, 2.05) is 0 Å². The van der Waals surface area contributed by atoms with Crippen molar-refractivity contribution in [2.45, 2.75) is 19.3 Å². The maximum absolute atomic E-state index is 10.3. The molecule has 0 atom stereocenters. The number of aliphatic hydroxyl groups excluding tert-OH is 1. The lowest BCUT2D eigenvalue weighted by atomic mass is 9.96. The van der Waals surface area contributed by atoms with Gasteiger partial charge in [0.15, 0.2) is 0 Å². The summed E-state index contributed by atoms with van der Waals surface area (Å²) < 4.78 is 0. The lowest BCUT2D eigenvalue weighted by molar-refractivity contribution is 0.209. The van der Waals surface area contributed by atoms with E-state index in [9.17, 15) is 4.79 Å². The van der Waals surface area contributed by atoms with Crippen LogP contribution >= 0.6 is 11.3 Å².